The molecule has 0 bridgehead atoms. The number of aromatic nitrogens is 2. The molecule has 0 saturated carbocycles. The van der Waals surface area contributed by atoms with Gasteiger partial charge in [-0.1, -0.05) is 18.2 Å². The second-order valence-corrected chi connectivity index (χ2v) is 4.75. The summed E-state index contributed by atoms with van der Waals surface area (Å²) in [6, 6.07) is 6.81. The first-order valence-electron chi connectivity index (χ1n) is 6.89. The van der Waals surface area contributed by atoms with Gasteiger partial charge in [0, 0.05) is 30.5 Å². The Balaban J connectivity index is 1.83. The number of hydrogen-bond acceptors (Lipinski definition) is 3. The molecule has 0 aliphatic carbocycles. The smallest absolute Gasteiger partial charge is 0.387 e. The molecule has 1 aromatic carbocycles. The first-order chi connectivity index (χ1) is 10.2. The van der Waals surface area contributed by atoms with Crippen LogP contribution in [0.2, 0.25) is 0 Å². The monoisotopic (exact) mass is 295 g/mol. The van der Waals surface area contributed by atoms with Gasteiger partial charge in [0.15, 0.2) is 0 Å². The van der Waals surface area contributed by atoms with Crippen LogP contribution in [-0.4, -0.2) is 22.7 Å². The largest absolute Gasteiger partial charge is 0.434 e. The van der Waals surface area contributed by atoms with Gasteiger partial charge < -0.3 is 14.6 Å². The first-order valence-corrected chi connectivity index (χ1v) is 6.89. The molecule has 114 valence electrons. The van der Waals surface area contributed by atoms with Crippen molar-refractivity contribution in [1.82, 2.24) is 14.9 Å². The third-order valence-corrected chi connectivity index (χ3v) is 3.20. The van der Waals surface area contributed by atoms with Crippen molar-refractivity contribution in [1.29, 1.82) is 0 Å². The molecule has 0 radical (unpaired) electrons. The van der Waals surface area contributed by atoms with Crippen molar-refractivity contribution in [2.45, 2.75) is 32.5 Å². The van der Waals surface area contributed by atoms with Crippen molar-refractivity contribution in [3.05, 3.63) is 48.5 Å². The summed E-state index contributed by atoms with van der Waals surface area (Å²) in [5.41, 5.74) is 0.737. The topological polar surface area (TPSA) is 39.1 Å². The van der Waals surface area contributed by atoms with E-state index in [1.165, 1.54) is 0 Å². The maximum atomic E-state index is 12.4. The lowest BCUT2D eigenvalue weighted by atomic mass is 10.1. The predicted molar refractivity (Wildman–Crippen MR) is 76.3 cm³/mol. The number of aryl methyl sites for hydroxylation is 1. The molecule has 0 aliphatic rings. The summed E-state index contributed by atoms with van der Waals surface area (Å²) < 4.78 is 31.3. The van der Waals surface area contributed by atoms with Crippen molar-refractivity contribution in [3.63, 3.8) is 0 Å². The molecule has 4 nitrogen and oxygen atoms in total. The van der Waals surface area contributed by atoms with E-state index in [4.69, 9.17) is 0 Å². The zero-order chi connectivity index (χ0) is 15.1. The average Bonchev–Trinajstić information content (AvgIpc) is 2.96. The summed E-state index contributed by atoms with van der Waals surface area (Å²) in [6.07, 6.45) is 6.36. The highest BCUT2D eigenvalue weighted by atomic mass is 19.3. The van der Waals surface area contributed by atoms with E-state index in [0.717, 1.165) is 25.1 Å². The fourth-order valence-corrected chi connectivity index (χ4v) is 2.15. The van der Waals surface area contributed by atoms with Gasteiger partial charge in [-0.15, -0.1) is 0 Å². The molecule has 0 spiro atoms. The minimum atomic E-state index is -2.81. The highest BCUT2D eigenvalue weighted by molar-refractivity contribution is 5.35. The van der Waals surface area contributed by atoms with Gasteiger partial charge in [0.2, 0.25) is 0 Å². The molecule has 0 aliphatic heterocycles. The van der Waals surface area contributed by atoms with E-state index in [1.807, 2.05) is 23.8 Å². The van der Waals surface area contributed by atoms with E-state index >= 15 is 0 Å². The van der Waals surface area contributed by atoms with Crippen molar-refractivity contribution >= 4 is 0 Å². The van der Waals surface area contributed by atoms with Crippen LogP contribution in [0.5, 0.6) is 5.75 Å². The van der Waals surface area contributed by atoms with Gasteiger partial charge in [-0.05, 0) is 26.0 Å². The van der Waals surface area contributed by atoms with Crippen LogP contribution in [0.3, 0.4) is 0 Å². The standard InChI is InChI=1S/C15H19F2N3O/c1-12(19-7-4-9-20-10-8-18-11-20)13-5-2-3-6-14(13)21-15(16)17/h2-3,5-6,8,10-12,15,19H,4,7,9H2,1H3. The van der Waals surface area contributed by atoms with Gasteiger partial charge in [0.25, 0.3) is 0 Å². The zero-order valence-electron chi connectivity index (χ0n) is 11.9. The molecule has 1 aromatic heterocycles. The van der Waals surface area contributed by atoms with Crippen molar-refractivity contribution in [3.8, 4) is 5.75 Å². The molecule has 2 aromatic rings. The second-order valence-electron chi connectivity index (χ2n) is 4.75. The van der Waals surface area contributed by atoms with Crippen LogP contribution in [0.15, 0.2) is 43.0 Å². The Morgan fingerprint density at radius 1 is 1.33 bits per heavy atom. The number of rotatable bonds is 8. The molecular formula is C15H19F2N3O. The third-order valence-electron chi connectivity index (χ3n) is 3.20. The third kappa shape index (κ3) is 4.82. The van der Waals surface area contributed by atoms with E-state index in [9.17, 15) is 8.78 Å². The number of imidazole rings is 1. The molecule has 0 saturated heterocycles. The molecule has 1 heterocycles. The van der Waals surface area contributed by atoms with Crippen LogP contribution < -0.4 is 10.1 Å². The molecule has 1 atom stereocenters. The minimum Gasteiger partial charge on any atom is -0.434 e. The molecule has 1 N–H and O–H groups in total. The van der Waals surface area contributed by atoms with Gasteiger partial charge in [-0.2, -0.15) is 8.78 Å². The summed E-state index contributed by atoms with van der Waals surface area (Å²) in [5, 5.41) is 3.32. The molecule has 0 fully saturated rings. The summed E-state index contributed by atoms with van der Waals surface area (Å²) in [6.45, 7) is 0.780. The average molecular weight is 295 g/mol. The Kier molecular flexibility index (Phi) is 5.68. The maximum Gasteiger partial charge on any atom is 0.387 e. The highest BCUT2D eigenvalue weighted by Crippen LogP contribution is 2.26. The van der Waals surface area contributed by atoms with E-state index in [0.29, 0.717) is 0 Å². The van der Waals surface area contributed by atoms with Crippen molar-refractivity contribution in [2.75, 3.05) is 6.54 Å². The van der Waals surface area contributed by atoms with E-state index in [1.54, 1.807) is 30.7 Å². The fourth-order valence-electron chi connectivity index (χ4n) is 2.15. The van der Waals surface area contributed by atoms with E-state index < -0.39 is 6.61 Å². The number of hydrogen-bond donors (Lipinski definition) is 1. The Labute approximate surface area is 122 Å². The van der Waals surface area contributed by atoms with Crippen LogP contribution in [0.25, 0.3) is 0 Å². The molecule has 21 heavy (non-hydrogen) atoms. The van der Waals surface area contributed by atoms with E-state index in [-0.39, 0.29) is 11.8 Å². The number of ether oxygens (including phenoxy) is 1. The molecule has 2 rings (SSSR count). The van der Waals surface area contributed by atoms with Crippen LogP contribution in [0, 0.1) is 0 Å². The molecular weight excluding hydrogens is 276 g/mol. The van der Waals surface area contributed by atoms with Crippen LogP contribution in [0.4, 0.5) is 8.78 Å². The summed E-state index contributed by atoms with van der Waals surface area (Å²) >= 11 is 0. The van der Waals surface area contributed by atoms with E-state index in [2.05, 4.69) is 15.0 Å². The number of nitrogens with zero attached hydrogens (tertiary/aromatic N) is 2. The molecule has 0 amide bonds. The summed E-state index contributed by atoms with van der Waals surface area (Å²) in [5.74, 6) is 0.224. The number of benzene rings is 1. The van der Waals surface area contributed by atoms with Gasteiger partial charge in [0.05, 0.1) is 6.33 Å². The number of alkyl halides is 2. The maximum absolute atomic E-state index is 12.4. The van der Waals surface area contributed by atoms with Gasteiger partial charge in [-0.3, -0.25) is 0 Å². The minimum absolute atomic E-state index is 0.0530. The Morgan fingerprint density at radius 2 is 2.14 bits per heavy atom. The highest BCUT2D eigenvalue weighted by Gasteiger charge is 2.13. The summed E-state index contributed by atoms with van der Waals surface area (Å²) in [4.78, 5) is 3.98. The van der Waals surface area contributed by atoms with Gasteiger partial charge in [0.1, 0.15) is 5.75 Å². The number of nitrogens with one attached hydrogen (secondary N) is 1. The predicted octanol–water partition coefficient (Wildman–Crippen LogP) is 3.23. The van der Waals surface area contributed by atoms with Gasteiger partial charge in [-0.25, -0.2) is 4.98 Å². The number of para-hydroxylation sites is 1. The number of halogens is 2. The van der Waals surface area contributed by atoms with Crippen molar-refractivity contribution < 1.29 is 13.5 Å². The first kappa shape index (κ1) is 15.4. The lowest BCUT2D eigenvalue weighted by molar-refractivity contribution is -0.0506. The summed E-state index contributed by atoms with van der Waals surface area (Å²) in [7, 11) is 0. The Hall–Kier alpha value is -1.95. The van der Waals surface area contributed by atoms with Crippen LogP contribution in [0.1, 0.15) is 24.9 Å². The lowest BCUT2D eigenvalue weighted by Crippen LogP contribution is -2.21. The normalized spacial score (nSPS) is 12.6. The van der Waals surface area contributed by atoms with Crippen LogP contribution in [-0.2, 0) is 6.54 Å². The fraction of sp³-hybridized carbons (Fsp3) is 0.400. The lowest BCUT2D eigenvalue weighted by Gasteiger charge is -2.18. The quantitative estimate of drug-likeness (QED) is 0.760. The van der Waals surface area contributed by atoms with Crippen molar-refractivity contribution in [2.24, 2.45) is 0 Å². The molecule has 1 unspecified atom stereocenters. The van der Waals surface area contributed by atoms with Gasteiger partial charge >= 0.3 is 6.61 Å². The Morgan fingerprint density at radius 3 is 2.86 bits per heavy atom. The zero-order valence-corrected chi connectivity index (χ0v) is 11.9. The SMILES string of the molecule is CC(NCCCn1ccnc1)c1ccccc1OC(F)F. The second kappa shape index (κ2) is 7.73. The van der Waals surface area contributed by atoms with Crippen LogP contribution >= 0.6 is 0 Å². The Bertz CT molecular complexity index is 531. The molecule has 6 heteroatoms.